The minimum atomic E-state index is 0.603. The summed E-state index contributed by atoms with van der Waals surface area (Å²) in [6.45, 7) is 1.99. The van der Waals surface area contributed by atoms with Crippen LogP contribution < -0.4 is 5.32 Å². The van der Waals surface area contributed by atoms with Crippen LogP contribution in [0, 0.1) is 6.92 Å². The number of nitrogens with one attached hydrogen (secondary N) is 1. The van der Waals surface area contributed by atoms with Crippen molar-refractivity contribution in [3.8, 4) is 11.4 Å². The minimum absolute atomic E-state index is 0.603. The molecule has 0 aliphatic rings. The maximum atomic E-state index is 6.17. The van der Waals surface area contributed by atoms with E-state index in [4.69, 9.17) is 11.6 Å². The summed E-state index contributed by atoms with van der Waals surface area (Å²) in [5.41, 5.74) is 3.58. The number of benzene rings is 1. The molecule has 0 unspecified atom stereocenters. The van der Waals surface area contributed by atoms with Crippen molar-refractivity contribution in [2.75, 3.05) is 5.32 Å². The van der Waals surface area contributed by atoms with E-state index in [1.54, 1.807) is 24.8 Å². The first kappa shape index (κ1) is 15.5. The van der Waals surface area contributed by atoms with Crippen molar-refractivity contribution >= 4 is 34.0 Å². The van der Waals surface area contributed by atoms with Gasteiger partial charge in [0.05, 0.1) is 17.4 Å². The van der Waals surface area contributed by atoms with E-state index in [-0.39, 0.29) is 0 Å². The van der Waals surface area contributed by atoms with Crippen LogP contribution in [-0.4, -0.2) is 19.9 Å². The third kappa shape index (κ3) is 3.27. The second-order valence-corrected chi connectivity index (χ2v) is 6.11. The third-order valence-electron chi connectivity index (χ3n) is 3.72. The summed E-state index contributed by atoms with van der Waals surface area (Å²) in [6, 6.07) is 11.4. The van der Waals surface area contributed by atoms with Crippen molar-refractivity contribution in [1.29, 1.82) is 0 Å². The Morgan fingerprint density at radius 1 is 0.960 bits per heavy atom. The number of halogens is 1. The van der Waals surface area contributed by atoms with Gasteiger partial charge in [0.1, 0.15) is 5.82 Å². The number of pyridine rings is 2. The Bertz CT molecular complexity index is 1050. The van der Waals surface area contributed by atoms with E-state index in [9.17, 15) is 0 Å². The fraction of sp³-hybridized carbons (Fsp3) is 0.0526. The Labute approximate surface area is 149 Å². The second-order valence-electron chi connectivity index (χ2n) is 5.67. The molecule has 0 atom stereocenters. The molecule has 5 nitrogen and oxygen atoms in total. The lowest BCUT2D eigenvalue weighted by atomic mass is 10.2. The van der Waals surface area contributed by atoms with Gasteiger partial charge in [0.25, 0.3) is 0 Å². The number of rotatable bonds is 3. The van der Waals surface area contributed by atoms with E-state index in [0.29, 0.717) is 16.7 Å². The number of fused-ring (bicyclic) bond motifs is 1. The lowest BCUT2D eigenvalue weighted by Crippen LogP contribution is -2.00. The second kappa shape index (κ2) is 6.45. The average molecular weight is 348 g/mol. The van der Waals surface area contributed by atoms with Gasteiger partial charge in [-0.25, -0.2) is 9.97 Å². The van der Waals surface area contributed by atoms with Gasteiger partial charge in [0.2, 0.25) is 0 Å². The number of hydrogen-bond donors (Lipinski definition) is 1. The predicted molar refractivity (Wildman–Crippen MR) is 100 cm³/mol. The SMILES string of the molecule is Cc1cncc(Nc2nc(-c3cccnc3)nc3ccc(Cl)cc23)c1. The summed E-state index contributed by atoms with van der Waals surface area (Å²) in [6.07, 6.45) is 7.04. The first-order chi connectivity index (χ1) is 12.2. The summed E-state index contributed by atoms with van der Waals surface area (Å²) in [5, 5.41) is 4.82. The molecule has 6 heteroatoms. The summed E-state index contributed by atoms with van der Waals surface area (Å²) in [7, 11) is 0. The first-order valence-corrected chi connectivity index (χ1v) is 8.13. The molecule has 0 bridgehead atoms. The Hall–Kier alpha value is -3.05. The molecule has 0 saturated carbocycles. The van der Waals surface area contributed by atoms with Crippen molar-refractivity contribution in [3.63, 3.8) is 0 Å². The van der Waals surface area contributed by atoms with Crippen LogP contribution in [0.2, 0.25) is 5.02 Å². The molecule has 25 heavy (non-hydrogen) atoms. The van der Waals surface area contributed by atoms with Gasteiger partial charge in [-0.2, -0.15) is 0 Å². The number of aryl methyl sites for hydroxylation is 1. The van der Waals surface area contributed by atoms with Crippen LogP contribution in [0.1, 0.15) is 5.56 Å². The molecule has 0 aliphatic carbocycles. The molecule has 0 radical (unpaired) electrons. The van der Waals surface area contributed by atoms with Crippen molar-refractivity contribution < 1.29 is 0 Å². The van der Waals surface area contributed by atoms with Gasteiger partial charge in [-0.05, 0) is 48.9 Å². The maximum Gasteiger partial charge on any atom is 0.163 e. The fourth-order valence-corrected chi connectivity index (χ4v) is 2.75. The number of nitrogens with zero attached hydrogens (tertiary/aromatic N) is 4. The molecule has 0 fully saturated rings. The van der Waals surface area contributed by atoms with Crippen LogP contribution in [0.3, 0.4) is 0 Å². The third-order valence-corrected chi connectivity index (χ3v) is 3.95. The molecular weight excluding hydrogens is 334 g/mol. The number of aromatic nitrogens is 4. The van der Waals surface area contributed by atoms with E-state index >= 15 is 0 Å². The summed E-state index contributed by atoms with van der Waals surface area (Å²) < 4.78 is 0. The zero-order chi connectivity index (χ0) is 17.2. The normalized spacial score (nSPS) is 10.8. The highest BCUT2D eigenvalue weighted by molar-refractivity contribution is 6.31. The average Bonchev–Trinajstić information content (AvgIpc) is 2.63. The highest BCUT2D eigenvalue weighted by Crippen LogP contribution is 2.29. The molecule has 0 spiro atoms. The van der Waals surface area contributed by atoms with Gasteiger partial charge >= 0.3 is 0 Å². The molecule has 1 N–H and O–H groups in total. The van der Waals surface area contributed by atoms with Crippen LogP contribution in [0.4, 0.5) is 11.5 Å². The highest BCUT2D eigenvalue weighted by Gasteiger charge is 2.11. The van der Waals surface area contributed by atoms with Crippen LogP contribution in [0.25, 0.3) is 22.3 Å². The molecule has 122 valence electrons. The largest absolute Gasteiger partial charge is 0.338 e. The van der Waals surface area contributed by atoms with E-state index in [0.717, 1.165) is 27.7 Å². The van der Waals surface area contributed by atoms with Crippen LogP contribution in [-0.2, 0) is 0 Å². The van der Waals surface area contributed by atoms with Gasteiger partial charge in [-0.15, -0.1) is 0 Å². The zero-order valence-electron chi connectivity index (χ0n) is 13.4. The molecule has 3 aromatic heterocycles. The monoisotopic (exact) mass is 347 g/mol. The van der Waals surface area contributed by atoms with Crippen LogP contribution in [0.5, 0.6) is 0 Å². The van der Waals surface area contributed by atoms with E-state index in [2.05, 4.69) is 25.3 Å². The zero-order valence-corrected chi connectivity index (χ0v) is 14.2. The van der Waals surface area contributed by atoms with E-state index < -0.39 is 0 Å². The highest BCUT2D eigenvalue weighted by atomic mass is 35.5. The smallest absolute Gasteiger partial charge is 0.163 e. The molecule has 3 heterocycles. The molecule has 4 aromatic rings. The lowest BCUT2D eigenvalue weighted by Gasteiger charge is -2.11. The topological polar surface area (TPSA) is 63.6 Å². The molecule has 1 aromatic carbocycles. The Kier molecular flexibility index (Phi) is 3.99. The van der Waals surface area contributed by atoms with Crippen molar-refractivity contribution in [2.24, 2.45) is 0 Å². The Morgan fingerprint density at radius 3 is 2.68 bits per heavy atom. The van der Waals surface area contributed by atoms with Crippen molar-refractivity contribution in [2.45, 2.75) is 6.92 Å². The van der Waals surface area contributed by atoms with Crippen molar-refractivity contribution in [3.05, 3.63) is 71.8 Å². The van der Waals surface area contributed by atoms with Crippen molar-refractivity contribution in [1.82, 2.24) is 19.9 Å². The number of hydrogen-bond acceptors (Lipinski definition) is 5. The van der Waals surface area contributed by atoms with Gasteiger partial charge in [-0.3, -0.25) is 9.97 Å². The van der Waals surface area contributed by atoms with Gasteiger partial charge in [0, 0.05) is 34.6 Å². The summed E-state index contributed by atoms with van der Waals surface area (Å²) >= 11 is 6.17. The Balaban J connectivity index is 1.89. The van der Waals surface area contributed by atoms with E-state index in [1.165, 1.54) is 0 Å². The molecule has 4 rings (SSSR count). The van der Waals surface area contributed by atoms with Gasteiger partial charge < -0.3 is 5.32 Å². The standard InChI is InChI=1S/C19H14ClN5/c1-12-7-15(11-22-9-12)23-19-16-8-14(20)4-5-17(16)24-18(25-19)13-3-2-6-21-10-13/h2-11H,1H3,(H,23,24,25). The summed E-state index contributed by atoms with van der Waals surface area (Å²) in [5.74, 6) is 1.28. The van der Waals surface area contributed by atoms with Crippen LogP contribution >= 0.6 is 11.6 Å². The lowest BCUT2D eigenvalue weighted by molar-refractivity contribution is 1.20. The molecule has 0 saturated heterocycles. The molecule has 0 amide bonds. The quantitative estimate of drug-likeness (QED) is 0.577. The summed E-state index contributed by atoms with van der Waals surface area (Å²) in [4.78, 5) is 17.7. The van der Waals surface area contributed by atoms with Gasteiger partial charge in [0.15, 0.2) is 5.82 Å². The minimum Gasteiger partial charge on any atom is -0.338 e. The predicted octanol–water partition coefficient (Wildman–Crippen LogP) is 4.79. The number of anilines is 2. The fourth-order valence-electron chi connectivity index (χ4n) is 2.58. The first-order valence-electron chi connectivity index (χ1n) is 7.75. The Morgan fingerprint density at radius 2 is 1.88 bits per heavy atom. The van der Waals surface area contributed by atoms with Gasteiger partial charge in [-0.1, -0.05) is 11.6 Å². The molecule has 0 aliphatic heterocycles. The molecular formula is C19H14ClN5. The van der Waals surface area contributed by atoms with Crippen LogP contribution in [0.15, 0.2) is 61.2 Å². The van der Waals surface area contributed by atoms with E-state index in [1.807, 2.05) is 43.3 Å². The maximum absolute atomic E-state index is 6.17.